The van der Waals surface area contributed by atoms with Crippen LogP contribution in [0.4, 0.5) is 0 Å². The molecule has 1 fully saturated rings. The van der Waals surface area contributed by atoms with E-state index in [9.17, 15) is 4.79 Å². The topological polar surface area (TPSA) is 55.1 Å². The third-order valence-corrected chi connectivity index (χ3v) is 3.97. The highest BCUT2D eigenvalue weighted by atomic mass is 16.2. The zero-order valence-electron chi connectivity index (χ0n) is 12.9. The molecule has 1 aliphatic rings. The number of amides is 1. The van der Waals surface area contributed by atoms with E-state index in [-0.39, 0.29) is 28.3 Å². The molecular weight excluding hydrogens is 224 g/mol. The van der Waals surface area contributed by atoms with Gasteiger partial charge in [0.05, 0.1) is 5.41 Å². The van der Waals surface area contributed by atoms with Crippen LogP contribution in [0.1, 0.15) is 67.2 Å². The molecule has 0 aromatic heterocycles. The Morgan fingerprint density at radius 1 is 1.33 bits per heavy atom. The predicted molar refractivity (Wildman–Crippen MR) is 76.2 cm³/mol. The SMILES string of the molecule is CC(C)(C)CC(C)(C)NC(=O)C1(C)CCCC1N. The van der Waals surface area contributed by atoms with Crippen LogP contribution < -0.4 is 11.1 Å². The van der Waals surface area contributed by atoms with Crippen LogP contribution in [0.25, 0.3) is 0 Å². The van der Waals surface area contributed by atoms with Crippen LogP contribution in [0.15, 0.2) is 0 Å². The summed E-state index contributed by atoms with van der Waals surface area (Å²) < 4.78 is 0. The summed E-state index contributed by atoms with van der Waals surface area (Å²) in [6.45, 7) is 12.8. The highest BCUT2D eigenvalue weighted by molar-refractivity contribution is 5.84. The van der Waals surface area contributed by atoms with Gasteiger partial charge in [0.25, 0.3) is 0 Å². The van der Waals surface area contributed by atoms with Gasteiger partial charge in [0, 0.05) is 11.6 Å². The van der Waals surface area contributed by atoms with E-state index in [1.165, 1.54) is 0 Å². The summed E-state index contributed by atoms with van der Waals surface area (Å²) in [4.78, 5) is 12.5. The van der Waals surface area contributed by atoms with Crippen molar-refractivity contribution in [1.82, 2.24) is 5.32 Å². The molecule has 2 atom stereocenters. The molecule has 0 bridgehead atoms. The normalized spacial score (nSPS) is 29.4. The smallest absolute Gasteiger partial charge is 0.227 e. The van der Waals surface area contributed by atoms with Gasteiger partial charge >= 0.3 is 0 Å². The van der Waals surface area contributed by atoms with Crippen molar-refractivity contribution in [2.75, 3.05) is 0 Å². The summed E-state index contributed by atoms with van der Waals surface area (Å²) in [5, 5.41) is 3.21. The number of nitrogens with two attached hydrogens (primary N) is 1. The Morgan fingerprint density at radius 3 is 2.28 bits per heavy atom. The fraction of sp³-hybridized carbons (Fsp3) is 0.933. The van der Waals surface area contributed by atoms with Crippen molar-refractivity contribution in [3.8, 4) is 0 Å². The first kappa shape index (κ1) is 15.5. The maximum atomic E-state index is 12.5. The van der Waals surface area contributed by atoms with Gasteiger partial charge in [-0.25, -0.2) is 0 Å². The van der Waals surface area contributed by atoms with Crippen LogP contribution in [0.5, 0.6) is 0 Å². The Kier molecular flexibility index (Phi) is 4.16. The maximum Gasteiger partial charge on any atom is 0.227 e. The first-order valence-corrected chi connectivity index (χ1v) is 7.05. The third kappa shape index (κ3) is 3.71. The van der Waals surface area contributed by atoms with Gasteiger partial charge < -0.3 is 11.1 Å². The average Bonchev–Trinajstić information content (AvgIpc) is 2.43. The van der Waals surface area contributed by atoms with Gasteiger partial charge in [-0.05, 0) is 45.4 Å². The van der Waals surface area contributed by atoms with Crippen LogP contribution in [0.3, 0.4) is 0 Å². The van der Waals surface area contributed by atoms with E-state index in [1.807, 2.05) is 6.92 Å². The van der Waals surface area contributed by atoms with E-state index in [1.54, 1.807) is 0 Å². The molecule has 0 aromatic rings. The first-order chi connectivity index (χ1) is 7.96. The molecule has 3 N–H and O–H groups in total. The summed E-state index contributed by atoms with van der Waals surface area (Å²) in [5.74, 6) is 0.127. The quantitative estimate of drug-likeness (QED) is 0.813. The number of hydrogen-bond donors (Lipinski definition) is 2. The molecular formula is C15H30N2O. The summed E-state index contributed by atoms with van der Waals surface area (Å²) >= 11 is 0. The second kappa shape index (κ2) is 4.84. The maximum absolute atomic E-state index is 12.5. The van der Waals surface area contributed by atoms with Crippen molar-refractivity contribution in [3.05, 3.63) is 0 Å². The second-order valence-corrected chi connectivity index (χ2v) is 7.99. The molecule has 0 spiro atoms. The van der Waals surface area contributed by atoms with E-state index in [4.69, 9.17) is 5.73 Å². The number of rotatable bonds is 3. The van der Waals surface area contributed by atoms with E-state index in [2.05, 4.69) is 39.9 Å². The van der Waals surface area contributed by atoms with Gasteiger partial charge in [-0.2, -0.15) is 0 Å². The van der Waals surface area contributed by atoms with Crippen molar-refractivity contribution in [2.24, 2.45) is 16.6 Å². The molecule has 0 heterocycles. The molecule has 3 nitrogen and oxygen atoms in total. The fourth-order valence-electron chi connectivity index (χ4n) is 3.30. The fourth-order valence-corrected chi connectivity index (χ4v) is 3.30. The van der Waals surface area contributed by atoms with Gasteiger partial charge in [0.1, 0.15) is 0 Å². The summed E-state index contributed by atoms with van der Waals surface area (Å²) in [5.41, 5.74) is 5.74. The molecule has 1 amide bonds. The van der Waals surface area contributed by atoms with Crippen molar-refractivity contribution in [2.45, 2.75) is 78.8 Å². The lowest BCUT2D eigenvalue weighted by molar-refractivity contribution is -0.132. The zero-order chi connectivity index (χ0) is 14.2. The molecule has 1 aliphatic carbocycles. The van der Waals surface area contributed by atoms with Crippen LogP contribution in [0, 0.1) is 10.8 Å². The summed E-state index contributed by atoms with van der Waals surface area (Å²) in [6.07, 6.45) is 3.89. The van der Waals surface area contributed by atoms with Gasteiger partial charge in [-0.15, -0.1) is 0 Å². The highest BCUT2D eigenvalue weighted by Gasteiger charge is 2.44. The Hall–Kier alpha value is -0.570. The number of carbonyl (C=O) groups is 1. The average molecular weight is 254 g/mol. The second-order valence-electron chi connectivity index (χ2n) is 7.99. The number of hydrogen-bond acceptors (Lipinski definition) is 2. The highest BCUT2D eigenvalue weighted by Crippen LogP contribution is 2.38. The van der Waals surface area contributed by atoms with Crippen molar-refractivity contribution < 1.29 is 4.79 Å². The standard InChI is InChI=1S/C15H30N2O/c1-13(2,3)10-14(4,5)17-12(18)15(6)9-7-8-11(15)16/h11H,7-10,16H2,1-6H3,(H,17,18). The number of nitrogens with one attached hydrogen (secondary N) is 1. The molecule has 1 rings (SSSR count). The molecule has 1 saturated carbocycles. The molecule has 0 radical (unpaired) electrons. The molecule has 0 aliphatic heterocycles. The van der Waals surface area contributed by atoms with Gasteiger partial charge in [0.15, 0.2) is 0 Å². The van der Waals surface area contributed by atoms with Crippen LogP contribution in [0.2, 0.25) is 0 Å². The monoisotopic (exact) mass is 254 g/mol. The Morgan fingerprint density at radius 2 is 1.89 bits per heavy atom. The van der Waals surface area contributed by atoms with Crippen LogP contribution in [-0.2, 0) is 4.79 Å². The van der Waals surface area contributed by atoms with Crippen molar-refractivity contribution >= 4 is 5.91 Å². The van der Waals surface area contributed by atoms with Gasteiger partial charge in [-0.3, -0.25) is 4.79 Å². The number of carbonyl (C=O) groups excluding carboxylic acids is 1. The molecule has 3 heteroatoms. The minimum atomic E-state index is -0.380. The minimum absolute atomic E-state index is 0.00272. The van der Waals surface area contributed by atoms with E-state index >= 15 is 0 Å². The van der Waals surface area contributed by atoms with E-state index in [0.717, 1.165) is 25.7 Å². The Balaban J connectivity index is 2.69. The van der Waals surface area contributed by atoms with Crippen LogP contribution in [-0.4, -0.2) is 17.5 Å². The van der Waals surface area contributed by atoms with Crippen LogP contribution >= 0.6 is 0 Å². The molecule has 2 unspecified atom stereocenters. The molecule has 0 aromatic carbocycles. The Labute approximate surface area is 112 Å². The third-order valence-electron chi connectivity index (χ3n) is 3.97. The van der Waals surface area contributed by atoms with Crippen molar-refractivity contribution in [1.29, 1.82) is 0 Å². The molecule has 106 valence electrons. The Bertz CT molecular complexity index is 317. The van der Waals surface area contributed by atoms with E-state index < -0.39 is 0 Å². The largest absolute Gasteiger partial charge is 0.351 e. The molecule has 0 saturated heterocycles. The lowest BCUT2D eigenvalue weighted by Gasteiger charge is -2.37. The lowest BCUT2D eigenvalue weighted by Crippen LogP contribution is -2.54. The summed E-state index contributed by atoms with van der Waals surface area (Å²) in [7, 11) is 0. The van der Waals surface area contributed by atoms with Gasteiger partial charge in [-0.1, -0.05) is 27.2 Å². The van der Waals surface area contributed by atoms with Crippen molar-refractivity contribution in [3.63, 3.8) is 0 Å². The minimum Gasteiger partial charge on any atom is -0.351 e. The summed E-state index contributed by atoms with van der Waals surface area (Å²) in [6, 6.07) is 0.00272. The zero-order valence-corrected chi connectivity index (χ0v) is 12.9. The lowest BCUT2D eigenvalue weighted by atomic mass is 9.79. The van der Waals surface area contributed by atoms with E-state index in [0.29, 0.717) is 0 Å². The predicted octanol–water partition coefficient (Wildman–Crippen LogP) is 2.83. The first-order valence-electron chi connectivity index (χ1n) is 7.05. The molecule has 18 heavy (non-hydrogen) atoms. The van der Waals surface area contributed by atoms with Gasteiger partial charge in [0.2, 0.25) is 5.91 Å².